The Kier molecular flexibility index (Phi) is 4.49. The van der Waals surface area contributed by atoms with Crippen LogP contribution in [0.1, 0.15) is 34.6 Å². The van der Waals surface area contributed by atoms with Gasteiger partial charge in [0.05, 0.1) is 0 Å². The molecule has 5 rings (SSSR count). The highest BCUT2D eigenvalue weighted by Gasteiger charge is 2.37. The number of H-pyrrole nitrogens is 1. The van der Waals surface area contributed by atoms with E-state index in [-0.39, 0.29) is 23.5 Å². The third kappa shape index (κ3) is 3.47. The number of rotatable bonds is 3. The molecule has 0 bridgehead atoms. The van der Waals surface area contributed by atoms with Gasteiger partial charge in [-0.1, -0.05) is 0 Å². The molecule has 29 heavy (non-hydrogen) atoms. The Morgan fingerprint density at radius 1 is 1.00 bits per heavy atom. The second-order valence-electron chi connectivity index (χ2n) is 8.07. The molecule has 152 valence electrons. The lowest BCUT2D eigenvalue weighted by molar-refractivity contribution is -0.133. The fourth-order valence-electron chi connectivity index (χ4n) is 4.22. The summed E-state index contributed by atoms with van der Waals surface area (Å²) in [4.78, 5) is 31.4. The Balaban J connectivity index is 1.26. The molecule has 0 radical (unpaired) electrons. The number of nitrogens with zero attached hydrogens (tertiary/aromatic N) is 4. The van der Waals surface area contributed by atoms with Gasteiger partial charge < -0.3 is 14.7 Å². The van der Waals surface area contributed by atoms with Crippen LogP contribution in [-0.2, 0) is 17.8 Å². The summed E-state index contributed by atoms with van der Waals surface area (Å²) >= 11 is 0. The zero-order chi connectivity index (χ0) is 20.0. The van der Waals surface area contributed by atoms with Crippen molar-refractivity contribution in [3.05, 3.63) is 47.0 Å². The van der Waals surface area contributed by atoms with Gasteiger partial charge in [-0.2, -0.15) is 5.10 Å². The number of nitrogens with one attached hydrogen (secondary N) is 1. The molecule has 2 amide bonds. The van der Waals surface area contributed by atoms with Crippen LogP contribution in [0.5, 0.6) is 0 Å². The van der Waals surface area contributed by atoms with Crippen LogP contribution in [0.15, 0.2) is 24.3 Å². The molecule has 1 N–H and O–H groups in total. The van der Waals surface area contributed by atoms with Gasteiger partial charge in [-0.25, -0.2) is 4.39 Å². The number of amides is 2. The summed E-state index contributed by atoms with van der Waals surface area (Å²) in [7, 11) is 0. The maximum absolute atomic E-state index is 13.1. The number of halogens is 1. The number of benzene rings is 1. The number of carbonyl (C=O) groups is 2. The maximum Gasteiger partial charge on any atom is 0.274 e. The van der Waals surface area contributed by atoms with E-state index in [1.807, 2.05) is 9.80 Å². The Hall–Kier alpha value is -2.90. The van der Waals surface area contributed by atoms with Gasteiger partial charge in [-0.15, -0.1) is 0 Å². The highest BCUT2D eigenvalue weighted by atomic mass is 19.1. The van der Waals surface area contributed by atoms with Crippen LogP contribution < -0.4 is 4.90 Å². The van der Waals surface area contributed by atoms with Gasteiger partial charge in [0.2, 0.25) is 5.91 Å². The smallest absolute Gasteiger partial charge is 0.274 e. The fraction of sp³-hybridized carbons (Fsp3) is 0.476. The third-order valence-electron chi connectivity index (χ3n) is 6.13. The molecule has 8 heteroatoms. The van der Waals surface area contributed by atoms with E-state index < -0.39 is 0 Å². The first-order valence-corrected chi connectivity index (χ1v) is 10.2. The van der Waals surface area contributed by atoms with E-state index >= 15 is 0 Å². The van der Waals surface area contributed by atoms with Crippen LogP contribution in [0, 0.1) is 11.7 Å². The molecule has 1 aromatic heterocycles. The van der Waals surface area contributed by atoms with Crippen LogP contribution in [0.3, 0.4) is 0 Å². The molecule has 0 unspecified atom stereocenters. The summed E-state index contributed by atoms with van der Waals surface area (Å²) in [5.41, 5.74) is 3.25. The molecule has 0 spiro atoms. The van der Waals surface area contributed by atoms with Crippen LogP contribution >= 0.6 is 0 Å². The van der Waals surface area contributed by atoms with Gasteiger partial charge >= 0.3 is 0 Å². The van der Waals surface area contributed by atoms with Crippen molar-refractivity contribution in [3.63, 3.8) is 0 Å². The molecule has 1 aromatic carbocycles. The summed E-state index contributed by atoms with van der Waals surface area (Å²) in [5, 5.41) is 7.31. The maximum atomic E-state index is 13.1. The first-order chi connectivity index (χ1) is 14.1. The standard InChI is InChI=1S/C21H24FN5O2/c22-15-3-5-16(6-4-15)25-9-11-26(12-10-25)21(29)19-17-13-27(20(28)14-1-2-14)8-7-18(17)23-24-19/h3-6,14H,1-2,7-13H2,(H,23,24). The zero-order valence-corrected chi connectivity index (χ0v) is 16.2. The van der Waals surface area contributed by atoms with Gasteiger partial charge in [0.25, 0.3) is 5.91 Å². The van der Waals surface area contributed by atoms with E-state index in [9.17, 15) is 14.0 Å². The number of anilines is 1. The van der Waals surface area contributed by atoms with Crippen molar-refractivity contribution in [1.29, 1.82) is 0 Å². The minimum absolute atomic E-state index is 0.0815. The monoisotopic (exact) mass is 397 g/mol. The number of fused-ring (bicyclic) bond motifs is 1. The normalized spacial score (nSPS) is 19.3. The minimum atomic E-state index is -0.250. The fourth-order valence-corrected chi connectivity index (χ4v) is 4.22. The number of aromatic amines is 1. The number of carbonyl (C=O) groups excluding carboxylic acids is 2. The van der Waals surface area contributed by atoms with E-state index in [0.29, 0.717) is 51.4 Å². The highest BCUT2D eigenvalue weighted by molar-refractivity contribution is 5.94. The van der Waals surface area contributed by atoms with Gasteiger partial charge in [0, 0.05) is 68.6 Å². The first kappa shape index (κ1) is 18.1. The van der Waals surface area contributed by atoms with Crippen molar-refractivity contribution in [2.45, 2.75) is 25.8 Å². The van der Waals surface area contributed by atoms with Crippen LogP contribution in [0.2, 0.25) is 0 Å². The lowest BCUT2D eigenvalue weighted by Gasteiger charge is -2.36. The highest BCUT2D eigenvalue weighted by Crippen LogP contribution is 2.33. The van der Waals surface area contributed by atoms with Gasteiger partial charge in [0.15, 0.2) is 5.69 Å². The predicted molar refractivity (Wildman–Crippen MR) is 105 cm³/mol. The Morgan fingerprint density at radius 3 is 2.41 bits per heavy atom. The van der Waals surface area contributed by atoms with Crippen LogP contribution in [-0.4, -0.2) is 64.5 Å². The zero-order valence-electron chi connectivity index (χ0n) is 16.2. The lowest BCUT2D eigenvalue weighted by atomic mass is 10.0. The van der Waals surface area contributed by atoms with Crippen molar-refractivity contribution in [2.24, 2.45) is 5.92 Å². The predicted octanol–water partition coefficient (Wildman–Crippen LogP) is 1.81. The quantitative estimate of drug-likeness (QED) is 0.857. The Labute approximate surface area is 168 Å². The molecule has 1 aliphatic carbocycles. The van der Waals surface area contributed by atoms with E-state index in [2.05, 4.69) is 15.1 Å². The summed E-state index contributed by atoms with van der Waals surface area (Å²) in [5.74, 6) is 0.0624. The van der Waals surface area contributed by atoms with Crippen molar-refractivity contribution in [1.82, 2.24) is 20.0 Å². The summed E-state index contributed by atoms with van der Waals surface area (Å²) in [6.07, 6.45) is 2.68. The molecule has 0 atom stereocenters. The Morgan fingerprint density at radius 2 is 1.72 bits per heavy atom. The van der Waals surface area contributed by atoms with Gasteiger partial charge in [-0.05, 0) is 37.1 Å². The van der Waals surface area contributed by atoms with Crippen molar-refractivity contribution in [3.8, 4) is 0 Å². The van der Waals surface area contributed by atoms with E-state index in [0.717, 1.165) is 29.8 Å². The summed E-state index contributed by atoms with van der Waals surface area (Å²) < 4.78 is 13.1. The first-order valence-electron chi connectivity index (χ1n) is 10.2. The molecular formula is C21H24FN5O2. The average molecular weight is 397 g/mol. The molecule has 3 heterocycles. The molecule has 3 aliphatic rings. The molecule has 2 aromatic rings. The third-order valence-corrected chi connectivity index (χ3v) is 6.13. The summed E-state index contributed by atoms with van der Waals surface area (Å²) in [6, 6.07) is 6.44. The van der Waals surface area contributed by atoms with Gasteiger partial charge in [-0.3, -0.25) is 14.7 Å². The largest absolute Gasteiger partial charge is 0.368 e. The van der Waals surface area contributed by atoms with E-state index in [1.54, 1.807) is 12.1 Å². The number of aromatic nitrogens is 2. The molecule has 1 saturated heterocycles. The average Bonchev–Trinajstić information content (AvgIpc) is 3.52. The number of hydrogen-bond acceptors (Lipinski definition) is 4. The molecule has 7 nitrogen and oxygen atoms in total. The van der Waals surface area contributed by atoms with E-state index in [4.69, 9.17) is 0 Å². The lowest BCUT2D eigenvalue weighted by Crippen LogP contribution is -2.49. The second kappa shape index (κ2) is 7.17. The molecule has 2 aliphatic heterocycles. The number of piperazine rings is 1. The van der Waals surface area contributed by atoms with Crippen LogP contribution in [0.25, 0.3) is 0 Å². The Bertz CT molecular complexity index is 929. The van der Waals surface area contributed by atoms with Gasteiger partial charge in [0.1, 0.15) is 5.82 Å². The topological polar surface area (TPSA) is 72.5 Å². The number of hydrogen-bond donors (Lipinski definition) is 1. The summed E-state index contributed by atoms with van der Waals surface area (Å²) in [6.45, 7) is 3.71. The van der Waals surface area contributed by atoms with Crippen LogP contribution in [0.4, 0.5) is 10.1 Å². The van der Waals surface area contributed by atoms with Crippen molar-refractivity contribution >= 4 is 17.5 Å². The SMILES string of the molecule is O=C(c1n[nH]c2c1CN(C(=O)C1CC1)CC2)N1CCN(c2ccc(F)cc2)CC1. The second-order valence-corrected chi connectivity index (χ2v) is 8.07. The van der Waals surface area contributed by atoms with E-state index in [1.165, 1.54) is 12.1 Å². The molecular weight excluding hydrogens is 373 g/mol. The minimum Gasteiger partial charge on any atom is -0.368 e. The molecule has 2 fully saturated rings. The van der Waals surface area contributed by atoms with Crippen molar-refractivity contribution in [2.75, 3.05) is 37.6 Å². The molecule has 1 saturated carbocycles. The van der Waals surface area contributed by atoms with Crippen molar-refractivity contribution < 1.29 is 14.0 Å².